The molecule has 2 rings (SSSR count). The molecule has 0 saturated heterocycles. The van der Waals surface area contributed by atoms with Crippen LogP contribution >= 0.6 is 0 Å². The lowest BCUT2D eigenvalue weighted by Gasteiger charge is -2.14. The molecule has 0 unspecified atom stereocenters. The van der Waals surface area contributed by atoms with Crippen LogP contribution in [-0.4, -0.2) is 5.11 Å². The van der Waals surface area contributed by atoms with Gasteiger partial charge in [-0.3, -0.25) is 0 Å². The van der Waals surface area contributed by atoms with Crippen molar-refractivity contribution in [1.29, 1.82) is 5.26 Å². The fourth-order valence-corrected chi connectivity index (χ4v) is 1.96. The van der Waals surface area contributed by atoms with Gasteiger partial charge in [-0.1, -0.05) is 37.3 Å². The smallest absolute Gasteiger partial charge is 0.133 e. The molecule has 0 spiro atoms. The number of ether oxygens (including phenoxy) is 1. The van der Waals surface area contributed by atoms with E-state index in [-0.39, 0.29) is 0 Å². The van der Waals surface area contributed by atoms with Crippen molar-refractivity contribution < 1.29 is 9.84 Å². The molecule has 102 valence electrons. The molecule has 3 heteroatoms. The number of hydrogen-bond acceptors (Lipinski definition) is 3. The van der Waals surface area contributed by atoms with Crippen LogP contribution in [0.2, 0.25) is 0 Å². The minimum atomic E-state index is -0.524. The van der Waals surface area contributed by atoms with E-state index >= 15 is 0 Å². The van der Waals surface area contributed by atoms with E-state index in [0.29, 0.717) is 24.3 Å². The topological polar surface area (TPSA) is 53.2 Å². The zero-order chi connectivity index (χ0) is 14.4. The van der Waals surface area contributed by atoms with Crippen LogP contribution in [0.1, 0.15) is 30.6 Å². The van der Waals surface area contributed by atoms with Crippen molar-refractivity contribution in [2.24, 2.45) is 0 Å². The predicted octanol–water partition coefficient (Wildman–Crippen LogP) is 3.99. The van der Waals surface area contributed by atoms with E-state index in [1.165, 1.54) is 0 Å². The molecule has 1 atom stereocenters. The third-order valence-corrected chi connectivity index (χ3v) is 3.10. The van der Waals surface area contributed by atoms with Crippen LogP contribution in [0.3, 0.4) is 0 Å². The molecule has 0 aliphatic carbocycles. The molecule has 2 aromatic rings. The van der Waals surface area contributed by atoms with Gasteiger partial charge in [-0.05, 0) is 30.2 Å². The first kappa shape index (κ1) is 14.1. The molecule has 0 radical (unpaired) electrons. The van der Waals surface area contributed by atoms with Gasteiger partial charge in [-0.15, -0.1) is 0 Å². The standard InChI is InChI=1S/C17H17NO2/c1-2-16(19)15-5-3-4-6-17(15)20-14-9-7-13(8-10-14)11-12-18/h3-10,16,19H,2,11H2,1H3/t16-/m1/s1. The van der Waals surface area contributed by atoms with E-state index in [1.54, 1.807) is 0 Å². The lowest BCUT2D eigenvalue weighted by Crippen LogP contribution is -1.98. The van der Waals surface area contributed by atoms with E-state index in [2.05, 4.69) is 6.07 Å². The lowest BCUT2D eigenvalue weighted by molar-refractivity contribution is 0.170. The summed E-state index contributed by atoms with van der Waals surface area (Å²) >= 11 is 0. The highest BCUT2D eigenvalue weighted by Gasteiger charge is 2.11. The molecular weight excluding hydrogens is 250 g/mol. The van der Waals surface area contributed by atoms with Crippen molar-refractivity contribution in [3.05, 3.63) is 59.7 Å². The van der Waals surface area contributed by atoms with E-state index in [0.717, 1.165) is 11.1 Å². The Bertz CT molecular complexity index is 599. The summed E-state index contributed by atoms with van der Waals surface area (Å²) in [6.45, 7) is 1.93. The molecule has 20 heavy (non-hydrogen) atoms. The second kappa shape index (κ2) is 6.74. The summed E-state index contributed by atoms with van der Waals surface area (Å²) in [4.78, 5) is 0. The number of hydrogen-bond donors (Lipinski definition) is 1. The summed E-state index contributed by atoms with van der Waals surface area (Å²) in [7, 11) is 0. The van der Waals surface area contributed by atoms with Crippen molar-refractivity contribution in [2.75, 3.05) is 0 Å². The third kappa shape index (κ3) is 3.37. The highest BCUT2D eigenvalue weighted by atomic mass is 16.5. The second-order valence-corrected chi connectivity index (χ2v) is 4.54. The number of benzene rings is 2. The normalized spacial score (nSPS) is 11.7. The molecule has 0 bridgehead atoms. The summed E-state index contributed by atoms with van der Waals surface area (Å²) in [5.74, 6) is 1.36. The molecule has 0 fully saturated rings. The average molecular weight is 267 g/mol. The first-order valence-corrected chi connectivity index (χ1v) is 6.65. The highest BCUT2D eigenvalue weighted by molar-refractivity contribution is 5.39. The van der Waals surface area contributed by atoms with Crippen LogP contribution in [0.25, 0.3) is 0 Å². The summed E-state index contributed by atoms with van der Waals surface area (Å²) < 4.78 is 5.82. The quantitative estimate of drug-likeness (QED) is 0.891. The minimum Gasteiger partial charge on any atom is -0.457 e. The summed E-state index contributed by atoms with van der Waals surface area (Å²) in [5.41, 5.74) is 1.75. The number of para-hydroxylation sites is 1. The lowest BCUT2D eigenvalue weighted by atomic mass is 10.1. The first-order valence-electron chi connectivity index (χ1n) is 6.65. The molecule has 1 N–H and O–H groups in total. The zero-order valence-electron chi connectivity index (χ0n) is 11.4. The molecule has 0 heterocycles. The molecule has 0 saturated carbocycles. The van der Waals surface area contributed by atoms with E-state index in [9.17, 15) is 5.11 Å². The van der Waals surface area contributed by atoms with Gasteiger partial charge in [0.2, 0.25) is 0 Å². The third-order valence-electron chi connectivity index (χ3n) is 3.10. The number of aliphatic hydroxyl groups excluding tert-OH is 1. The maximum absolute atomic E-state index is 9.99. The molecule has 0 aliphatic rings. The Morgan fingerprint density at radius 2 is 1.85 bits per heavy atom. The van der Waals surface area contributed by atoms with Gasteiger partial charge in [0.1, 0.15) is 11.5 Å². The second-order valence-electron chi connectivity index (χ2n) is 4.54. The minimum absolute atomic E-state index is 0.394. The Kier molecular flexibility index (Phi) is 4.75. The van der Waals surface area contributed by atoms with E-state index in [1.807, 2.05) is 55.5 Å². The number of nitriles is 1. The summed E-state index contributed by atoms with van der Waals surface area (Å²) in [5, 5.41) is 18.6. The summed E-state index contributed by atoms with van der Waals surface area (Å²) in [6, 6.07) is 17.0. The van der Waals surface area contributed by atoms with Gasteiger partial charge < -0.3 is 9.84 Å². The summed E-state index contributed by atoms with van der Waals surface area (Å²) in [6.07, 6.45) is 0.511. The van der Waals surface area contributed by atoms with Crippen molar-refractivity contribution in [3.8, 4) is 17.6 Å². The van der Waals surface area contributed by atoms with Crippen molar-refractivity contribution in [2.45, 2.75) is 25.9 Å². The van der Waals surface area contributed by atoms with Crippen LogP contribution in [0.5, 0.6) is 11.5 Å². The Balaban J connectivity index is 2.19. The SMILES string of the molecule is CC[C@@H](O)c1ccccc1Oc1ccc(CC#N)cc1. The monoisotopic (exact) mass is 267 g/mol. The number of nitrogens with zero attached hydrogens (tertiary/aromatic N) is 1. The molecule has 0 aromatic heterocycles. The average Bonchev–Trinajstić information content (AvgIpc) is 2.49. The van der Waals surface area contributed by atoms with Crippen LogP contribution in [0.15, 0.2) is 48.5 Å². The Morgan fingerprint density at radius 1 is 1.15 bits per heavy atom. The molecule has 2 aromatic carbocycles. The fraction of sp³-hybridized carbons (Fsp3) is 0.235. The van der Waals surface area contributed by atoms with Gasteiger partial charge in [-0.2, -0.15) is 5.26 Å². The van der Waals surface area contributed by atoms with Crippen LogP contribution in [0.4, 0.5) is 0 Å². The van der Waals surface area contributed by atoms with Crippen molar-refractivity contribution >= 4 is 0 Å². The van der Waals surface area contributed by atoms with Crippen molar-refractivity contribution in [3.63, 3.8) is 0 Å². The van der Waals surface area contributed by atoms with Gasteiger partial charge in [0, 0.05) is 5.56 Å². The maximum atomic E-state index is 9.99. The van der Waals surface area contributed by atoms with E-state index < -0.39 is 6.10 Å². The predicted molar refractivity (Wildman–Crippen MR) is 77.5 cm³/mol. The number of aliphatic hydroxyl groups is 1. The van der Waals surface area contributed by atoms with Crippen LogP contribution in [-0.2, 0) is 6.42 Å². The highest BCUT2D eigenvalue weighted by Crippen LogP contribution is 2.30. The maximum Gasteiger partial charge on any atom is 0.133 e. The van der Waals surface area contributed by atoms with Crippen LogP contribution in [0, 0.1) is 11.3 Å². The van der Waals surface area contributed by atoms with Gasteiger partial charge in [-0.25, -0.2) is 0 Å². The Morgan fingerprint density at radius 3 is 2.50 bits per heavy atom. The molecule has 0 aliphatic heterocycles. The molecular formula is C17H17NO2. The van der Waals surface area contributed by atoms with E-state index in [4.69, 9.17) is 10.00 Å². The largest absolute Gasteiger partial charge is 0.457 e. The Hall–Kier alpha value is -2.31. The van der Waals surface area contributed by atoms with Crippen LogP contribution < -0.4 is 4.74 Å². The first-order chi connectivity index (χ1) is 9.74. The number of rotatable bonds is 5. The van der Waals surface area contributed by atoms with Gasteiger partial charge in [0.25, 0.3) is 0 Å². The Labute approximate surface area is 119 Å². The molecule has 0 amide bonds. The van der Waals surface area contributed by atoms with Crippen molar-refractivity contribution in [1.82, 2.24) is 0 Å². The fourth-order valence-electron chi connectivity index (χ4n) is 1.96. The molecule has 3 nitrogen and oxygen atoms in total. The van der Waals surface area contributed by atoms with Gasteiger partial charge >= 0.3 is 0 Å². The van der Waals surface area contributed by atoms with Gasteiger partial charge in [0.05, 0.1) is 18.6 Å². The zero-order valence-corrected chi connectivity index (χ0v) is 11.4. The van der Waals surface area contributed by atoms with Gasteiger partial charge in [0.15, 0.2) is 0 Å².